The molecular formula is C13H13N3O3S. The van der Waals surface area contributed by atoms with Gasteiger partial charge in [0, 0.05) is 17.7 Å². The molecule has 0 radical (unpaired) electrons. The number of carbonyl (C=O) groups excluding carboxylic acids is 2. The predicted octanol–water partition coefficient (Wildman–Crippen LogP) is -1.43. The van der Waals surface area contributed by atoms with Crippen molar-refractivity contribution in [3.63, 3.8) is 0 Å². The number of fused-ring (bicyclic) bond motifs is 1. The molecule has 3 rings (SSSR count). The van der Waals surface area contributed by atoms with E-state index in [1.54, 1.807) is 0 Å². The molecule has 1 saturated heterocycles. The largest absolute Gasteiger partial charge is 0.543 e. The minimum Gasteiger partial charge on any atom is -0.543 e. The Hall–Kier alpha value is -1.86. The second kappa shape index (κ2) is 4.92. The maximum atomic E-state index is 11.6. The molecule has 7 heteroatoms. The number of nitrogens with two attached hydrogens (primary N) is 1. The third-order valence-electron chi connectivity index (χ3n) is 3.42. The van der Waals surface area contributed by atoms with Gasteiger partial charge in [-0.05, 0) is 0 Å². The van der Waals surface area contributed by atoms with Gasteiger partial charge in [-0.2, -0.15) is 0 Å². The van der Waals surface area contributed by atoms with Crippen LogP contribution in [0.1, 0.15) is 6.42 Å². The lowest BCUT2D eigenvalue weighted by Crippen LogP contribution is -2.59. The molecule has 0 bridgehead atoms. The van der Waals surface area contributed by atoms with Crippen LogP contribution in [-0.2, 0) is 16.1 Å². The number of carbonyl (C=O) groups is 2. The first-order chi connectivity index (χ1) is 9.58. The summed E-state index contributed by atoms with van der Waals surface area (Å²) in [6, 6.07) is 5.56. The summed E-state index contributed by atoms with van der Waals surface area (Å²) in [7, 11) is 0. The molecule has 1 aromatic rings. The Morgan fingerprint density at radius 3 is 2.75 bits per heavy atom. The summed E-state index contributed by atoms with van der Waals surface area (Å²) >= 11 is 1.41. The zero-order chi connectivity index (χ0) is 14.3. The highest BCUT2D eigenvalue weighted by Crippen LogP contribution is 2.41. The highest BCUT2D eigenvalue weighted by atomic mass is 32.2. The molecule has 104 valence electrons. The monoisotopic (exact) mass is 291 g/mol. The van der Waals surface area contributed by atoms with E-state index in [-0.39, 0.29) is 17.0 Å². The fourth-order valence-corrected chi connectivity index (χ4v) is 3.71. The minimum atomic E-state index is -1.34. The normalized spacial score (nSPS) is 25.2. The summed E-state index contributed by atoms with van der Waals surface area (Å²) in [5.74, 6) is -1.53. The van der Waals surface area contributed by atoms with Crippen LogP contribution >= 0.6 is 11.8 Å². The topological polar surface area (TPSA) is 90.3 Å². The molecule has 0 aliphatic carbocycles. The number of amides is 1. The molecule has 20 heavy (non-hydrogen) atoms. The van der Waals surface area contributed by atoms with Gasteiger partial charge in [0.25, 0.3) is 0 Å². The van der Waals surface area contributed by atoms with Crippen LogP contribution in [0.2, 0.25) is 0 Å². The van der Waals surface area contributed by atoms with E-state index in [4.69, 9.17) is 5.73 Å². The molecule has 1 fully saturated rings. The lowest BCUT2D eigenvalue weighted by Gasteiger charge is -2.47. The van der Waals surface area contributed by atoms with Gasteiger partial charge in [0.2, 0.25) is 5.91 Å². The van der Waals surface area contributed by atoms with Crippen molar-refractivity contribution in [2.45, 2.75) is 23.7 Å². The van der Waals surface area contributed by atoms with Gasteiger partial charge in [-0.25, -0.2) is 4.57 Å². The lowest BCUT2D eigenvalue weighted by atomic mass is 10.1. The highest BCUT2D eigenvalue weighted by Gasteiger charge is 2.46. The lowest BCUT2D eigenvalue weighted by molar-refractivity contribution is -0.689. The standard InChI is InChI=1S/C13H13N3O3S/c14-12-8(7-15-4-2-1-3-5-15)11(13(18)19)16-9(17)6-10(16)20-12/h1-5,10,12H,6-7,14H2/t10-,12?/m1/s1. The molecule has 0 aromatic carbocycles. The van der Waals surface area contributed by atoms with E-state index in [1.165, 1.54) is 16.7 Å². The molecule has 0 saturated carbocycles. The number of aromatic nitrogens is 1. The van der Waals surface area contributed by atoms with Crippen LogP contribution in [0, 0.1) is 0 Å². The van der Waals surface area contributed by atoms with Gasteiger partial charge in [-0.1, -0.05) is 6.07 Å². The fraction of sp³-hybridized carbons (Fsp3) is 0.308. The van der Waals surface area contributed by atoms with Crippen molar-refractivity contribution in [3.8, 4) is 0 Å². The van der Waals surface area contributed by atoms with Crippen molar-refractivity contribution in [1.29, 1.82) is 0 Å². The molecule has 1 amide bonds. The number of aliphatic carboxylic acids is 1. The SMILES string of the molecule is NC1S[C@@H]2CC(=O)N2C(C(=O)[O-])=C1C[n+]1ccccc1. The Balaban J connectivity index is 2.00. The van der Waals surface area contributed by atoms with Gasteiger partial charge in [0.05, 0.1) is 28.8 Å². The van der Waals surface area contributed by atoms with Gasteiger partial charge in [-0.15, -0.1) is 11.8 Å². The molecule has 2 atom stereocenters. The zero-order valence-electron chi connectivity index (χ0n) is 10.6. The maximum Gasteiger partial charge on any atom is 0.230 e. The highest BCUT2D eigenvalue weighted by molar-refractivity contribution is 8.00. The van der Waals surface area contributed by atoms with E-state index in [2.05, 4.69) is 0 Å². The number of hydrogen-bond donors (Lipinski definition) is 1. The van der Waals surface area contributed by atoms with Crippen LogP contribution in [0.15, 0.2) is 41.9 Å². The molecule has 3 heterocycles. The molecular weight excluding hydrogens is 278 g/mol. The van der Waals surface area contributed by atoms with Crippen LogP contribution in [0.3, 0.4) is 0 Å². The first-order valence-corrected chi connectivity index (χ1v) is 7.14. The summed E-state index contributed by atoms with van der Waals surface area (Å²) < 4.78 is 1.82. The molecule has 2 aliphatic heterocycles. The van der Waals surface area contributed by atoms with E-state index in [1.807, 2.05) is 35.2 Å². The Morgan fingerprint density at radius 2 is 2.15 bits per heavy atom. The summed E-state index contributed by atoms with van der Waals surface area (Å²) in [4.78, 5) is 24.3. The van der Waals surface area contributed by atoms with Crippen LogP contribution in [0.4, 0.5) is 0 Å². The second-order valence-electron chi connectivity index (χ2n) is 4.69. The number of nitrogens with zero attached hydrogens (tertiary/aromatic N) is 2. The average molecular weight is 291 g/mol. The van der Waals surface area contributed by atoms with Gasteiger partial charge >= 0.3 is 0 Å². The van der Waals surface area contributed by atoms with E-state index in [0.29, 0.717) is 18.5 Å². The molecule has 1 aromatic heterocycles. The number of carboxylic acids is 1. The number of β-lactam (4-membered cyclic amide) rings is 1. The number of thioether (sulfide) groups is 1. The van der Waals surface area contributed by atoms with E-state index >= 15 is 0 Å². The Bertz CT molecular complexity index is 602. The summed E-state index contributed by atoms with van der Waals surface area (Å²) in [6.45, 7) is 0.328. The van der Waals surface area contributed by atoms with Crippen molar-refractivity contribution in [3.05, 3.63) is 41.9 Å². The zero-order valence-corrected chi connectivity index (χ0v) is 11.4. The predicted molar refractivity (Wildman–Crippen MR) is 69.5 cm³/mol. The van der Waals surface area contributed by atoms with E-state index in [9.17, 15) is 14.7 Å². The molecule has 2 N–H and O–H groups in total. The quantitative estimate of drug-likeness (QED) is 0.544. The third kappa shape index (κ3) is 2.08. The number of carboxylic acid groups (broad SMARTS) is 1. The third-order valence-corrected chi connectivity index (χ3v) is 4.69. The average Bonchev–Trinajstić information content (AvgIpc) is 2.41. The van der Waals surface area contributed by atoms with Gasteiger partial charge in [0.1, 0.15) is 0 Å². The summed E-state index contributed by atoms with van der Waals surface area (Å²) in [6.07, 6.45) is 3.98. The first-order valence-electron chi connectivity index (χ1n) is 6.19. The second-order valence-corrected chi connectivity index (χ2v) is 6.01. The Labute approximate surface area is 119 Å². The summed E-state index contributed by atoms with van der Waals surface area (Å²) in [5.41, 5.74) is 6.50. The number of rotatable bonds is 3. The van der Waals surface area contributed by atoms with Crippen LogP contribution in [0.5, 0.6) is 0 Å². The van der Waals surface area contributed by atoms with Crippen LogP contribution in [0.25, 0.3) is 0 Å². The van der Waals surface area contributed by atoms with Crippen LogP contribution < -0.4 is 15.4 Å². The molecule has 1 unspecified atom stereocenters. The van der Waals surface area contributed by atoms with Crippen molar-refractivity contribution >= 4 is 23.6 Å². The van der Waals surface area contributed by atoms with E-state index in [0.717, 1.165) is 0 Å². The fourth-order valence-electron chi connectivity index (χ4n) is 2.44. The first kappa shape index (κ1) is 13.1. The summed E-state index contributed by atoms with van der Waals surface area (Å²) in [5, 5.41) is 10.8. The molecule has 0 spiro atoms. The van der Waals surface area contributed by atoms with Crippen molar-refractivity contribution in [2.75, 3.05) is 0 Å². The van der Waals surface area contributed by atoms with Crippen molar-refractivity contribution in [1.82, 2.24) is 4.90 Å². The number of pyridine rings is 1. The van der Waals surface area contributed by atoms with Gasteiger partial charge in [0.15, 0.2) is 18.9 Å². The smallest absolute Gasteiger partial charge is 0.230 e. The van der Waals surface area contributed by atoms with Crippen LogP contribution in [-0.4, -0.2) is 27.5 Å². The van der Waals surface area contributed by atoms with Gasteiger partial charge < -0.3 is 15.6 Å². The number of hydrogen-bond acceptors (Lipinski definition) is 5. The molecule has 6 nitrogen and oxygen atoms in total. The van der Waals surface area contributed by atoms with E-state index < -0.39 is 11.3 Å². The molecule has 2 aliphatic rings. The van der Waals surface area contributed by atoms with Crippen molar-refractivity contribution < 1.29 is 19.3 Å². The Morgan fingerprint density at radius 1 is 1.45 bits per heavy atom. The maximum absolute atomic E-state index is 11.6. The Kier molecular flexibility index (Phi) is 3.23. The minimum absolute atomic E-state index is 0.0612. The van der Waals surface area contributed by atoms with Gasteiger partial charge in [-0.3, -0.25) is 9.69 Å². The van der Waals surface area contributed by atoms with Crippen molar-refractivity contribution in [2.24, 2.45) is 5.73 Å².